The highest BCUT2D eigenvalue weighted by Gasteiger charge is 2.21. The quantitative estimate of drug-likeness (QED) is 0.930. The monoisotopic (exact) mass is 301 g/mol. The summed E-state index contributed by atoms with van der Waals surface area (Å²) in [5.41, 5.74) is 0.170. The van der Waals surface area contributed by atoms with Crippen molar-refractivity contribution >= 4 is 15.9 Å². The van der Waals surface area contributed by atoms with E-state index in [9.17, 15) is 9.50 Å². The summed E-state index contributed by atoms with van der Waals surface area (Å²) < 4.78 is 19.5. The van der Waals surface area contributed by atoms with Crippen molar-refractivity contribution in [2.45, 2.75) is 32.2 Å². The topological polar surface area (TPSA) is 53.2 Å². The minimum absolute atomic E-state index is 0.170. The fraction of sp³-hybridized carbons (Fsp3) is 0.417. The lowest BCUT2D eigenvalue weighted by molar-refractivity contribution is -0.0435. The number of hydrogen-bond donors (Lipinski definition) is 1. The van der Waals surface area contributed by atoms with Crippen molar-refractivity contribution < 1.29 is 14.2 Å². The maximum atomic E-state index is 13.6. The van der Waals surface area contributed by atoms with Crippen LogP contribution in [0.5, 0.6) is 0 Å². The van der Waals surface area contributed by atoms with Gasteiger partial charge < -0.3 is 9.84 Å². The molecule has 0 aliphatic heterocycles. The van der Waals surface area contributed by atoms with Crippen LogP contribution in [0.4, 0.5) is 4.39 Å². The average molecular weight is 302 g/mol. The van der Waals surface area contributed by atoms with Crippen LogP contribution in [0.15, 0.2) is 22.7 Å². The lowest BCUT2D eigenvalue weighted by Crippen LogP contribution is -2.24. The van der Waals surface area contributed by atoms with Crippen molar-refractivity contribution in [3.8, 4) is 6.07 Å². The molecule has 0 bridgehead atoms. The Kier molecular flexibility index (Phi) is 5.06. The molecule has 92 valence electrons. The van der Waals surface area contributed by atoms with Crippen LogP contribution < -0.4 is 0 Å². The first kappa shape index (κ1) is 14.1. The van der Waals surface area contributed by atoms with Crippen LogP contribution >= 0.6 is 15.9 Å². The molecule has 3 nitrogen and oxygen atoms in total. The number of halogens is 2. The zero-order valence-electron chi connectivity index (χ0n) is 9.52. The predicted octanol–water partition coefficient (Wildman–Crippen LogP) is 2.94. The van der Waals surface area contributed by atoms with E-state index in [1.807, 2.05) is 6.07 Å². The average Bonchev–Trinajstić information content (AvgIpc) is 2.26. The van der Waals surface area contributed by atoms with Crippen LogP contribution in [0.3, 0.4) is 0 Å². The zero-order chi connectivity index (χ0) is 13.0. The normalized spacial score (nSPS) is 16.0. The summed E-state index contributed by atoms with van der Waals surface area (Å²) in [6.45, 7) is 3.18. The number of rotatable bonds is 4. The van der Waals surface area contributed by atoms with Crippen molar-refractivity contribution in [3.05, 3.63) is 34.1 Å². The predicted molar refractivity (Wildman–Crippen MR) is 64.7 cm³/mol. The van der Waals surface area contributed by atoms with E-state index in [-0.39, 0.29) is 5.56 Å². The maximum Gasteiger partial charge on any atom is 0.172 e. The van der Waals surface area contributed by atoms with Gasteiger partial charge in [0.1, 0.15) is 5.82 Å². The Hall–Kier alpha value is -0.960. The van der Waals surface area contributed by atoms with Gasteiger partial charge in [0.15, 0.2) is 6.10 Å². The number of nitrogens with zero attached hydrogens (tertiary/aromatic N) is 1. The summed E-state index contributed by atoms with van der Waals surface area (Å²) in [6.07, 6.45) is -2.28. The van der Waals surface area contributed by atoms with Gasteiger partial charge in [-0.3, -0.25) is 0 Å². The highest BCUT2D eigenvalue weighted by atomic mass is 79.9. The highest BCUT2D eigenvalue weighted by molar-refractivity contribution is 9.10. The molecule has 0 saturated heterocycles. The van der Waals surface area contributed by atoms with Gasteiger partial charge in [-0.1, -0.05) is 22.0 Å². The standard InChI is InChI=1S/C12H13BrFNO2/c1-7(16)8(2)17-12(6-15)10-4-3-9(13)5-11(10)14/h3-5,7-8,12,16H,1-2H3. The summed E-state index contributed by atoms with van der Waals surface area (Å²) in [5.74, 6) is -0.510. The first-order chi connectivity index (χ1) is 7.95. The molecule has 3 unspecified atom stereocenters. The van der Waals surface area contributed by atoms with Crippen LogP contribution in [-0.2, 0) is 4.74 Å². The Morgan fingerprint density at radius 1 is 1.47 bits per heavy atom. The SMILES string of the molecule is CC(O)C(C)OC(C#N)c1ccc(Br)cc1F. The second-order valence-electron chi connectivity index (χ2n) is 3.76. The number of benzene rings is 1. The van der Waals surface area contributed by atoms with Gasteiger partial charge in [0.05, 0.1) is 18.3 Å². The lowest BCUT2D eigenvalue weighted by Gasteiger charge is -2.20. The Balaban J connectivity index is 2.91. The molecule has 0 fully saturated rings. The fourth-order valence-electron chi connectivity index (χ4n) is 1.22. The number of ether oxygens (including phenoxy) is 1. The van der Waals surface area contributed by atoms with E-state index in [0.717, 1.165) is 0 Å². The first-order valence-corrected chi connectivity index (χ1v) is 5.93. The van der Waals surface area contributed by atoms with Gasteiger partial charge >= 0.3 is 0 Å². The van der Waals surface area contributed by atoms with Crippen LogP contribution in [0.2, 0.25) is 0 Å². The molecule has 17 heavy (non-hydrogen) atoms. The lowest BCUT2D eigenvalue weighted by atomic mass is 10.1. The van der Waals surface area contributed by atoms with Gasteiger partial charge in [0, 0.05) is 10.0 Å². The molecule has 5 heteroatoms. The summed E-state index contributed by atoms with van der Waals surface area (Å²) in [4.78, 5) is 0. The van der Waals surface area contributed by atoms with E-state index in [4.69, 9.17) is 10.00 Å². The first-order valence-electron chi connectivity index (χ1n) is 5.13. The molecule has 0 radical (unpaired) electrons. The molecule has 0 aliphatic carbocycles. The van der Waals surface area contributed by atoms with E-state index in [0.29, 0.717) is 4.47 Å². The number of nitriles is 1. The smallest absolute Gasteiger partial charge is 0.172 e. The molecule has 0 saturated carbocycles. The third kappa shape index (κ3) is 3.77. The molecule has 1 N–H and O–H groups in total. The van der Waals surface area contributed by atoms with Crippen molar-refractivity contribution in [1.29, 1.82) is 5.26 Å². The molecule has 1 aromatic rings. The van der Waals surface area contributed by atoms with E-state index in [1.165, 1.54) is 12.1 Å². The number of hydrogen-bond acceptors (Lipinski definition) is 3. The van der Waals surface area contributed by atoms with Gasteiger partial charge in [-0.15, -0.1) is 0 Å². The molecule has 0 amide bonds. The summed E-state index contributed by atoms with van der Waals surface area (Å²) in [7, 11) is 0. The van der Waals surface area contributed by atoms with Crippen molar-refractivity contribution in [2.24, 2.45) is 0 Å². The Morgan fingerprint density at radius 2 is 2.12 bits per heavy atom. The van der Waals surface area contributed by atoms with Crippen LogP contribution in [0.25, 0.3) is 0 Å². The van der Waals surface area contributed by atoms with Crippen molar-refractivity contribution in [2.75, 3.05) is 0 Å². The summed E-state index contributed by atoms with van der Waals surface area (Å²) in [6, 6.07) is 6.28. The van der Waals surface area contributed by atoms with E-state index >= 15 is 0 Å². The van der Waals surface area contributed by atoms with Crippen LogP contribution in [-0.4, -0.2) is 17.3 Å². The van der Waals surface area contributed by atoms with Gasteiger partial charge in [0.25, 0.3) is 0 Å². The van der Waals surface area contributed by atoms with E-state index in [2.05, 4.69) is 15.9 Å². The molecular weight excluding hydrogens is 289 g/mol. The van der Waals surface area contributed by atoms with Gasteiger partial charge in [-0.2, -0.15) is 5.26 Å². The summed E-state index contributed by atoms with van der Waals surface area (Å²) >= 11 is 3.14. The minimum atomic E-state index is -1.02. The van der Waals surface area contributed by atoms with E-state index < -0.39 is 24.1 Å². The van der Waals surface area contributed by atoms with Gasteiger partial charge in [-0.25, -0.2) is 4.39 Å². The Labute approximate surface area is 108 Å². The zero-order valence-corrected chi connectivity index (χ0v) is 11.1. The van der Waals surface area contributed by atoms with Gasteiger partial charge in [0.2, 0.25) is 0 Å². The fourth-order valence-corrected chi connectivity index (χ4v) is 1.55. The molecule has 1 aromatic carbocycles. The molecule has 0 spiro atoms. The third-order valence-electron chi connectivity index (χ3n) is 2.39. The number of aliphatic hydroxyl groups excluding tert-OH is 1. The second kappa shape index (κ2) is 6.10. The Bertz CT molecular complexity index is 431. The molecular formula is C12H13BrFNO2. The molecule has 0 aliphatic rings. The van der Waals surface area contributed by atoms with E-state index in [1.54, 1.807) is 19.9 Å². The van der Waals surface area contributed by atoms with Crippen LogP contribution in [0, 0.1) is 17.1 Å². The van der Waals surface area contributed by atoms with Crippen LogP contribution in [0.1, 0.15) is 25.5 Å². The molecule has 0 heterocycles. The molecule has 0 aromatic heterocycles. The van der Waals surface area contributed by atoms with Gasteiger partial charge in [-0.05, 0) is 26.0 Å². The van der Waals surface area contributed by atoms with Crippen molar-refractivity contribution in [3.63, 3.8) is 0 Å². The second-order valence-corrected chi connectivity index (χ2v) is 4.67. The number of aliphatic hydroxyl groups is 1. The molecule has 3 atom stereocenters. The minimum Gasteiger partial charge on any atom is -0.391 e. The van der Waals surface area contributed by atoms with Crippen molar-refractivity contribution in [1.82, 2.24) is 0 Å². The summed E-state index contributed by atoms with van der Waals surface area (Å²) in [5, 5.41) is 18.3. The highest BCUT2D eigenvalue weighted by Crippen LogP contribution is 2.24. The third-order valence-corrected chi connectivity index (χ3v) is 2.89. The largest absolute Gasteiger partial charge is 0.391 e. The maximum absolute atomic E-state index is 13.6. The molecule has 1 rings (SSSR count). The Morgan fingerprint density at radius 3 is 2.59 bits per heavy atom.